The molecule has 0 unspecified atom stereocenters. The van der Waals surface area contributed by atoms with E-state index in [0.717, 1.165) is 59.0 Å². The average Bonchev–Trinajstić information content (AvgIpc) is 3.48. The van der Waals surface area contributed by atoms with E-state index in [1.807, 2.05) is 0 Å². The largest absolute Gasteiger partial charge is 0.371 e. The molecule has 2 saturated heterocycles. The summed E-state index contributed by atoms with van der Waals surface area (Å²) >= 11 is 0. The van der Waals surface area contributed by atoms with Gasteiger partial charge < -0.3 is 14.8 Å². The molecule has 6 nitrogen and oxygen atoms in total. The molecule has 0 radical (unpaired) electrons. The minimum atomic E-state index is 0.774. The van der Waals surface area contributed by atoms with Crippen LogP contribution in [0.4, 0.5) is 5.69 Å². The highest BCUT2D eigenvalue weighted by atomic mass is 15.2. The summed E-state index contributed by atoms with van der Waals surface area (Å²) < 4.78 is 0. The highest BCUT2D eigenvalue weighted by Crippen LogP contribution is 2.30. The summed E-state index contributed by atoms with van der Waals surface area (Å²) in [6, 6.07) is 13.8. The van der Waals surface area contributed by atoms with Crippen LogP contribution < -0.4 is 4.90 Å². The third kappa shape index (κ3) is 3.47. The molecule has 0 bridgehead atoms. The van der Waals surface area contributed by atoms with Crippen LogP contribution in [0.15, 0.2) is 36.4 Å². The van der Waals surface area contributed by atoms with Gasteiger partial charge in [-0.1, -0.05) is 31.5 Å². The fraction of sp³-hybridized carbons (Fsp3) is 0.462. The van der Waals surface area contributed by atoms with Crippen LogP contribution in [-0.4, -0.2) is 57.3 Å². The lowest BCUT2D eigenvalue weighted by atomic mass is 9.99. The highest BCUT2D eigenvalue weighted by molar-refractivity contribution is 5.95. The lowest BCUT2D eigenvalue weighted by Gasteiger charge is -2.41. The van der Waals surface area contributed by atoms with E-state index in [-0.39, 0.29) is 0 Å². The molecule has 4 heterocycles. The second-order valence-corrected chi connectivity index (χ2v) is 9.37. The number of piperidine rings is 2. The first-order chi connectivity index (χ1) is 15.8. The number of hydrogen-bond donors (Lipinski definition) is 2. The fourth-order valence-corrected chi connectivity index (χ4v) is 5.65. The van der Waals surface area contributed by atoms with Crippen molar-refractivity contribution in [2.24, 2.45) is 0 Å². The molecule has 166 valence electrons. The molecule has 6 rings (SSSR count). The van der Waals surface area contributed by atoms with Gasteiger partial charge in [0.15, 0.2) is 5.82 Å². The number of aromatic nitrogens is 4. The maximum atomic E-state index is 4.87. The zero-order valence-electron chi connectivity index (χ0n) is 18.9. The van der Waals surface area contributed by atoms with Crippen molar-refractivity contribution in [2.45, 2.75) is 51.5 Å². The highest BCUT2D eigenvalue weighted by Gasteiger charge is 2.26. The zero-order valence-corrected chi connectivity index (χ0v) is 18.9. The third-order valence-electron chi connectivity index (χ3n) is 7.49. The van der Waals surface area contributed by atoms with Crippen molar-refractivity contribution >= 4 is 27.6 Å². The van der Waals surface area contributed by atoms with Gasteiger partial charge >= 0.3 is 0 Å². The number of benzene rings is 2. The molecule has 2 aliphatic rings. The van der Waals surface area contributed by atoms with Crippen LogP contribution in [0.2, 0.25) is 0 Å². The Morgan fingerprint density at radius 1 is 1.00 bits per heavy atom. The summed E-state index contributed by atoms with van der Waals surface area (Å²) in [6.07, 6.45) is 7.68. The van der Waals surface area contributed by atoms with Gasteiger partial charge in [-0.05, 0) is 69.0 Å². The summed E-state index contributed by atoms with van der Waals surface area (Å²) in [5.41, 5.74) is 6.66. The van der Waals surface area contributed by atoms with E-state index in [9.17, 15) is 0 Å². The number of aromatic amines is 2. The number of aryl methyl sites for hydroxylation is 1. The number of nitrogens with one attached hydrogen (secondary N) is 2. The topological polar surface area (TPSA) is 63.8 Å². The molecule has 2 aliphatic heterocycles. The quantitative estimate of drug-likeness (QED) is 0.473. The number of hydrogen-bond acceptors (Lipinski definition) is 4. The molecular weight excluding hydrogens is 396 g/mol. The molecule has 4 aromatic rings. The Bertz CT molecular complexity index is 1220. The molecule has 0 spiro atoms. The lowest BCUT2D eigenvalue weighted by molar-refractivity contribution is 0.141. The molecule has 2 fully saturated rings. The SMILES string of the molecule is CCc1cccc2c(-c3nc4ccc(N5CCC(N6CCCCC6)CC5)cc4[nH]3)[nH]nc12. The number of fused-ring (bicyclic) bond motifs is 2. The Labute approximate surface area is 189 Å². The van der Waals surface area contributed by atoms with Crippen LogP contribution >= 0.6 is 0 Å². The summed E-state index contributed by atoms with van der Waals surface area (Å²) in [5.74, 6) is 0.858. The van der Waals surface area contributed by atoms with E-state index < -0.39 is 0 Å². The van der Waals surface area contributed by atoms with Crippen molar-refractivity contribution in [2.75, 3.05) is 31.1 Å². The minimum Gasteiger partial charge on any atom is -0.371 e. The first kappa shape index (κ1) is 19.8. The Morgan fingerprint density at radius 3 is 2.66 bits per heavy atom. The molecule has 0 aliphatic carbocycles. The number of likely N-dealkylation sites (tertiary alicyclic amines) is 1. The summed E-state index contributed by atoms with van der Waals surface area (Å²) in [4.78, 5) is 13.7. The van der Waals surface area contributed by atoms with E-state index in [0.29, 0.717) is 0 Å². The van der Waals surface area contributed by atoms with E-state index in [1.54, 1.807) is 0 Å². The standard InChI is InChI=1S/C26H32N6/c1-2-18-7-6-8-21-24(18)29-30-25(21)26-27-22-10-9-20(17-23(22)28-26)32-15-11-19(12-16-32)31-13-4-3-5-14-31/h6-10,17,19H,2-5,11-16H2,1H3,(H,27,28)(H,29,30). The van der Waals surface area contributed by atoms with Crippen molar-refractivity contribution in [3.05, 3.63) is 42.0 Å². The average molecular weight is 429 g/mol. The van der Waals surface area contributed by atoms with Crippen LogP contribution in [0.5, 0.6) is 0 Å². The van der Waals surface area contributed by atoms with E-state index >= 15 is 0 Å². The maximum absolute atomic E-state index is 4.87. The Hall–Kier alpha value is -2.86. The van der Waals surface area contributed by atoms with Crippen LogP contribution in [0.1, 0.15) is 44.6 Å². The summed E-state index contributed by atoms with van der Waals surface area (Å²) in [6.45, 7) is 7.05. The Kier molecular flexibility index (Phi) is 5.10. The van der Waals surface area contributed by atoms with Crippen molar-refractivity contribution in [3.63, 3.8) is 0 Å². The molecule has 0 amide bonds. The molecule has 32 heavy (non-hydrogen) atoms. The monoisotopic (exact) mass is 428 g/mol. The maximum Gasteiger partial charge on any atom is 0.157 e. The van der Waals surface area contributed by atoms with Crippen molar-refractivity contribution in [3.8, 4) is 11.5 Å². The predicted octanol–water partition coefficient (Wildman–Crippen LogP) is 5.12. The molecule has 2 N–H and O–H groups in total. The second kappa shape index (κ2) is 8.24. The molecule has 0 saturated carbocycles. The number of H-pyrrole nitrogens is 2. The lowest BCUT2D eigenvalue weighted by Crippen LogP contribution is -2.46. The predicted molar refractivity (Wildman–Crippen MR) is 131 cm³/mol. The van der Waals surface area contributed by atoms with E-state index in [4.69, 9.17) is 4.98 Å². The van der Waals surface area contributed by atoms with Gasteiger partial charge in [0.2, 0.25) is 0 Å². The van der Waals surface area contributed by atoms with E-state index in [1.165, 1.54) is 56.4 Å². The summed E-state index contributed by atoms with van der Waals surface area (Å²) in [7, 11) is 0. The second-order valence-electron chi connectivity index (χ2n) is 9.37. The molecule has 0 atom stereocenters. The number of imidazole rings is 1. The number of para-hydroxylation sites is 1. The van der Waals surface area contributed by atoms with Crippen molar-refractivity contribution in [1.82, 2.24) is 25.1 Å². The van der Waals surface area contributed by atoms with Crippen molar-refractivity contribution < 1.29 is 0 Å². The van der Waals surface area contributed by atoms with Gasteiger partial charge in [-0.15, -0.1) is 0 Å². The first-order valence-electron chi connectivity index (χ1n) is 12.3. The smallest absolute Gasteiger partial charge is 0.157 e. The first-order valence-corrected chi connectivity index (χ1v) is 12.3. The van der Waals surface area contributed by atoms with Gasteiger partial charge in [-0.25, -0.2) is 4.98 Å². The number of nitrogens with zero attached hydrogens (tertiary/aromatic N) is 4. The minimum absolute atomic E-state index is 0.774. The third-order valence-corrected chi connectivity index (χ3v) is 7.49. The van der Waals surface area contributed by atoms with Gasteiger partial charge in [0.05, 0.1) is 16.6 Å². The Morgan fingerprint density at radius 2 is 1.84 bits per heavy atom. The van der Waals surface area contributed by atoms with Gasteiger partial charge in [-0.3, -0.25) is 5.10 Å². The van der Waals surface area contributed by atoms with E-state index in [2.05, 4.69) is 68.3 Å². The summed E-state index contributed by atoms with van der Waals surface area (Å²) in [5, 5.41) is 8.92. The molecular formula is C26H32N6. The van der Waals surface area contributed by atoms with Crippen molar-refractivity contribution in [1.29, 1.82) is 0 Å². The van der Waals surface area contributed by atoms with Gasteiger partial charge in [-0.2, -0.15) is 5.10 Å². The fourth-order valence-electron chi connectivity index (χ4n) is 5.65. The van der Waals surface area contributed by atoms with Gasteiger partial charge in [0.25, 0.3) is 0 Å². The Balaban J connectivity index is 1.23. The number of anilines is 1. The van der Waals surface area contributed by atoms with Gasteiger partial charge in [0.1, 0.15) is 5.69 Å². The number of rotatable bonds is 4. The van der Waals surface area contributed by atoms with Crippen LogP contribution in [-0.2, 0) is 6.42 Å². The normalized spacial score (nSPS) is 18.7. The molecule has 2 aromatic heterocycles. The van der Waals surface area contributed by atoms with Crippen LogP contribution in [0.3, 0.4) is 0 Å². The van der Waals surface area contributed by atoms with Crippen LogP contribution in [0, 0.1) is 0 Å². The van der Waals surface area contributed by atoms with Gasteiger partial charge in [0, 0.05) is 30.2 Å². The van der Waals surface area contributed by atoms with Crippen LogP contribution in [0.25, 0.3) is 33.5 Å². The molecule has 6 heteroatoms. The molecule has 2 aromatic carbocycles. The zero-order chi connectivity index (χ0) is 21.5.